The van der Waals surface area contributed by atoms with Gasteiger partial charge >= 0.3 is 0 Å². The summed E-state index contributed by atoms with van der Waals surface area (Å²) in [5, 5.41) is 0. The van der Waals surface area contributed by atoms with Crippen molar-refractivity contribution in [3.8, 4) is 11.5 Å². The summed E-state index contributed by atoms with van der Waals surface area (Å²) >= 11 is 0. The SMILES string of the molecule is [C-]#[N+]CCOP(OC1C[C@H](n2cnc3c(=O)[nH]c(/N=C(\C)N4CCOCC4)nc32)O[C@@H]1COC(c1ccccc1)(c1ccc(OC)cc1)c1ccc(OC)cc1)N(C(C)C)C(C)C. The lowest BCUT2D eigenvalue weighted by atomic mass is 9.80. The second kappa shape index (κ2) is 21.0. The van der Waals surface area contributed by atoms with Crippen LogP contribution in [0, 0.1) is 6.57 Å². The number of amidine groups is 1. The number of aliphatic imine (C=N–C) groups is 1. The Morgan fingerprint density at radius 1 is 0.968 bits per heavy atom. The molecule has 0 aliphatic carbocycles. The largest absolute Gasteiger partial charge is 0.497 e. The molecule has 2 aliphatic rings. The van der Waals surface area contributed by atoms with Crippen LogP contribution in [-0.2, 0) is 28.9 Å². The van der Waals surface area contributed by atoms with Crippen molar-refractivity contribution in [1.82, 2.24) is 29.1 Å². The lowest BCUT2D eigenvalue weighted by molar-refractivity contribution is -0.0911. The molecule has 0 amide bonds. The molecule has 334 valence electrons. The molecule has 0 spiro atoms. The Hall–Kier alpha value is -5.24. The van der Waals surface area contributed by atoms with Gasteiger partial charge in [-0.1, -0.05) is 54.6 Å². The van der Waals surface area contributed by atoms with E-state index in [0.717, 1.165) is 22.5 Å². The molecule has 2 aliphatic heterocycles. The molecule has 5 aromatic rings. The highest BCUT2D eigenvalue weighted by molar-refractivity contribution is 7.44. The predicted octanol–water partition coefficient (Wildman–Crippen LogP) is 7.48. The van der Waals surface area contributed by atoms with Gasteiger partial charge in [-0.15, -0.1) is 0 Å². The molecule has 4 heterocycles. The van der Waals surface area contributed by atoms with E-state index in [1.807, 2.05) is 73.7 Å². The van der Waals surface area contributed by atoms with Crippen molar-refractivity contribution in [1.29, 1.82) is 0 Å². The van der Waals surface area contributed by atoms with Gasteiger partial charge < -0.3 is 42.5 Å². The van der Waals surface area contributed by atoms with Crippen molar-refractivity contribution in [3.05, 3.63) is 124 Å². The minimum Gasteiger partial charge on any atom is -0.497 e. The predicted molar refractivity (Wildman–Crippen MR) is 241 cm³/mol. The lowest BCUT2D eigenvalue weighted by Gasteiger charge is -2.39. The van der Waals surface area contributed by atoms with E-state index in [1.165, 1.54) is 0 Å². The number of aromatic nitrogens is 4. The summed E-state index contributed by atoms with van der Waals surface area (Å²) in [5.41, 5.74) is 1.58. The molecule has 3 aromatic carbocycles. The number of hydrogen-bond donors (Lipinski definition) is 1. The maximum Gasteiger partial charge on any atom is 0.280 e. The normalized spacial score (nSPS) is 19.0. The summed E-state index contributed by atoms with van der Waals surface area (Å²) in [4.78, 5) is 35.9. The lowest BCUT2D eigenvalue weighted by Crippen LogP contribution is -2.39. The molecule has 16 nitrogen and oxygen atoms in total. The van der Waals surface area contributed by atoms with E-state index in [1.54, 1.807) is 25.1 Å². The van der Waals surface area contributed by atoms with E-state index < -0.39 is 38.1 Å². The molecule has 4 atom stereocenters. The van der Waals surface area contributed by atoms with Gasteiger partial charge in [0.1, 0.15) is 41.9 Å². The fourth-order valence-corrected chi connectivity index (χ4v) is 9.86. The first-order chi connectivity index (χ1) is 30.6. The number of nitrogens with one attached hydrogen (secondary N) is 1. The van der Waals surface area contributed by atoms with Crippen LogP contribution in [0.1, 0.15) is 64.0 Å². The van der Waals surface area contributed by atoms with Crippen molar-refractivity contribution in [2.75, 3.05) is 60.3 Å². The molecule has 7 rings (SSSR count). The van der Waals surface area contributed by atoms with E-state index in [-0.39, 0.29) is 43.3 Å². The van der Waals surface area contributed by atoms with Gasteiger partial charge in [-0.05, 0) is 75.6 Å². The molecule has 17 heteroatoms. The van der Waals surface area contributed by atoms with Crippen LogP contribution < -0.4 is 15.0 Å². The highest BCUT2D eigenvalue weighted by atomic mass is 31.2. The summed E-state index contributed by atoms with van der Waals surface area (Å²) in [7, 11) is 1.61. The number of fused-ring (bicyclic) bond motifs is 1. The molecule has 0 radical (unpaired) electrons. The quantitative estimate of drug-likeness (QED) is 0.0232. The molecular formula is C46H57N8O8P. The fourth-order valence-electron chi connectivity index (χ4n) is 8.11. The second-order valence-corrected chi connectivity index (χ2v) is 17.2. The van der Waals surface area contributed by atoms with Crippen molar-refractivity contribution < 1.29 is 32.7 Å². The van der Waals surface area contributed by atoms with Crippen LogP contribution in [-0.4, -0.2) is 119 Å². The summed E-state index contributed by atoms with van der Waals surface area (Å²) in [6.07, 6.45) is 0.0187. The average molecular weight is 881 g/mol. The summed E-state index contributed by atoms with van der Waals surface area (Å²) in [5.74, 6) is 2.30. The third kappa shape index (κ3) is 10.3. The first-order valence-corrected chi connectivity index (χ1v) is 22.4. The Labute approximate surface area is 369 Å². The number of nitrogens with zero attached hydrogens (tertiary/aromatic N) is 7. The number of hydrogen-bond acceptors (Lipinski definition) is 12. The molecule has 0 bridgehead atoms. The van der Waals surface area contributed by atoms with Gasteiger partial charge in [0.2, 0.25) is 12.5 Å². The topological polar surface area (TPSA) is 151 Å². The monoisotopic (exact) mass is 880 g/mol. The molecule has 2 saturated heterocycles. The number of aromatic amines is 1. The molecule has 2 unspecified atom stereocenters. The fraction of sp³-hybridized carbons (Fsp3) is 0.457. The molecule has 63 heavy (non-hydrogen) atoms. The van der Waals surface area contributed by atoms with Crippen molar-refractivity contribution in [2.45, 2.75) is 77.2 Å². The molecule has 0 saturated carbocycles. The number of rotatable bonds is 18. The van der Waals surface area contributed by atoms with Crippen molar-refractivity contribution in [3.63, 3.8) is 0 Å². The number of imidazole rings is 1. The van der Waals surface area contributed by atoms with Crippen LogP contribution in [0.5, 0.6) is 11.5 Å². The van der Waals surface area contributed by atoms with Gasteiger partial charge in [-0.25, -0.2) is 21.2 Å². The first-order valence-electron chi connectivity index (χ1n) is 21.3. The Kier molecular flexibility index (Phi) is 15.2. The van der Waals surface area contributed by atoms with Gasteiger partial charge in [0.05, 0.1) is 46.5 Å². The van der Waals surface area contributed by atoms with Crippen LogP contribution in [0.15, 0.2) is 95.0 Å². The van der Waals surface area contributed by atoms with Crippen molar-refractivity contribution in [2.24, 2.45) is 4.99 Å². The maximum atomic E-state index is 13.5. The molecule has 1 N–H and O–H groups in total. The number of methoxy groups -OCH3 is 2. The number of ether oxygens (including phenoxy) is 5. The summed E-state index contributed by atoms with van der Waals surface area (Å²) in [6, 6.07) is 26.0. The Bertz CT molecular complexity index is 2320. The van der Waals surface area contributed by atoms with E-state index in [0.29, 0.717) is 49.9 Å². The Morgan fingerprint density at radius 2 is 1.59 bits per heavy atom. The smallest absolute Gasteiger partial charge is 0.280 e. The molecule has 2 aromatic heterocycles. The zero-order chi connectivity index (χ0) is 44.5. The van der Waals surface area contributed by atoms with Crippen LogP contribution in [0.2, 0.25) is 0 Å². The van der Waals surface area contributed by atoms with Crippen LogP contribution in [0.25, 0.3) is 16.0 Å². The Balaban J connectivity index is 1.30. The van der Waals surface area contributed by atoms with Gasteiger partial charge in [0.25, 0.3) is 14.1 Å². The van der Waals surface area contributed by atoms with E-state index in [9.17, 15) is 4.79 Å². The van der Waals surface area contributed by atoms with Crippen LogP contribution in [0.4, 0.5) is 5.95 Å². The van der Waals surface area contributed by atoms with E-state index in [4.69, 9.17) is 49.3 Å². The van der Waals surface area contributed by atoms with Gasteiger partial charge in [0, 0.05) is 31.6 Å². The van der Waals surface area contributed by atoms with Crippen LogP contribution >= 0.6 is 8.53 Å². The van der Waals surface area contributed by atoms with E-state index >= 15 is 0 Å². The maximum absolute atomic E-state index is 13.5. The third-order valence-corrected chi connectivity index (χ3v) is 13.3. The van der Waals surface area contributed by atoms with E-state index in [2.05, 4.69) is 64.2 Å². The highest BCUT2D eigenvalue weighted by Gasteiger charge is 2.45. The first kappa shape index (κ1) is 45.8. The number of H-pyrrole nitrogens is 1. The molecular weight excluding hydrogens is 824 g/mol. The number of morpholine rings is 1. The summed E-state index contributed by atoms with van der Waals surface area (Å²) < 4.78 is 48.5. The zero-order valence-electron chi connectivity index (χ0n) is 37.0. The summed E-state index contributed by atoms with van der Waals surface area (Å²) in [6.45, 7) is 20.8. The Morgan fingerprint density at radius 3 is 2.17 bits per heavy atom. The third-order valence-electron chi connectivity index (χ3n) is 11.2. The second-order valence-electron chi connectivity index (χ2n) is 15.8. The van der Waals surface area contributed by atoms with Crippen LogP contribution in [0.3, 0.4) is 0 Å². The zero-order valence-corrected chi connectivity index (χ0v) is 37.9. The molecule has 2 fully saturated rings. The minimum atomic E-state index is -1.67. The van der Waals surface area contributed by atoms with Gasteiger partial charge in [-0.3, -0.25) is 14.3 Å². The number of benzene rings is 3. The van der Waals surface area contributed by atoms with Gasteiger partial charge in [0.15, 0.2) is 11.2 Å². The standard InChI is InChI=1S/C46H57N8O8P/c1-31(2)54(32(3)4)63(60-25-22-47-6)62-39-28-41(53-30-48-42-43(53)50-45(51-44(42)55)49-33(5)52-23-26-58-27-24-52)61-40(39)29-59-46(34-12-10-9-11-13-34,35-14-18-37(56-7)19-15-35)36-16-20-38(57-8)21-17-36/h9-21,30-32,39-41H,22-29H2,1-5,7-8H3,(H,50,51,55)/b49-33+/t39?,40-,41-,63?/m1/s1. The van der Waals surface area contributed by atoms with Crippen molar-refractivity contribution >= 4 is 31.5 Å². The van der Waals surface area contributed by atoms with Gasteiger partial charge in [-0.2, -0.15) is 4.98 Å². The minimum absolute atomic E-state index is 0.0671. The average Bonchev–Trinajstić information content (AvgIpc) is 3.91. The highest BCUT2D eigenvalue weighted by Crippen LogP contribution is 2.51.